The van der Waals surface area contributed by atoms with Crippen molar-refractivity contribution in [3.8, 4) is 5.75 Å². The van der Waals surface area contributed by atoms with Crippen LogP contribution in [0.2, 0.25) is 0 Å². The van der Waals surface area contributed by atoms with Crippen LogP contribution in [0.15, 0.2) is 60.0 Å². The van der Waals surface area contributed by atoms with Crippen LogP contribution in [0.3, 0.4) is 0 Å². The quantitative estimate of drug-likeness (QED) is 0.582. The van der Waals surface area contributed by atoms with E-state index in [9.17, 15) is 13.2 Å². The van der Waals surface area contributed by atoms with Gasteiger partial charge in [0.2, 0.25) is 5.91 Å². The van der Waals surface area contributed by atoms with Gasteiger partial charge in [-0.2, -0.15) is 8.42 Å². The lowest BCUT2D eigenvalue weighted by Crippen LogP contribution is -2.28. The number of hydrogen-bond acceptors (Lipinski definition) is 9. The zero-order chi connectivity index (χ0) is 22.3. The number of nitrogens with one attached hydrogen (secondary N) is 1. The summed E-state index contributed by atoms with van der Waals surface area (Å²) in [6.07, 6.45) is 5.51. The van der Waals surface area contributed by atoms with Gasteiger partial charge < -0.3 is 9.02 Å². The molecule has 32 heavy (non-hydrogen) atoms. The summed E-state index contributed by atoms with van der Waals surface area (Å²) in [5.74, 6) is 0.778. The summed E-state index contributed by atoms with van der Waals surface area (Å²) >= 11 is 0. The molecule has 5 rings (SSSR count). The van der Waals surface area contributed by atoms with Crippen molar-refractivity contribution in [2.24, 2.45) is 0 Å². The number of amides is 1. The molecule has 2 aromatic heterocycles. The molecule has 164 valence electrons. The average molecular weight is 453 g/mol. The second kappa shape index (κ2) is 7.77. The highest BCUT2D eigenvalue weighted by Crippen LogP contribution is 2.35. The number of carbonyl (C=O) groups is 1. The van der Waals surface area contributed by atoms with E-state index < -0.39 is 10.1 Å². The van der Waals surface area contributed by atoms with E-state index in [1.54, 1.807) is 35.4 Å². The molecule has 4 heterocycles. The van der Waals surface area contributed by atoms with Crippen molar-refractivity contribution >= 4 is 38.6 Å². The first-order valence-corrected chi connectivity index (χ1v) is 11.3. The number of aryl methyl sites for hydroxylation is 1. The van der Waals surface area contributed by atoms with Crippen LogP contribution in [-0.4, -0.2) is 30.8 Å². The molecule has 0 radical (unpaired) electrons. The molecule has 1 amide bonds. The molecule has 2 aliphatic heterocycles. The molecule has 0 unspecified atom stereocenters. The third-order valence-electron chi connectivity index (χ3n) is 5.17. The maximum Gasteiger partial charge on any atom is 0.339 e. The van der Waals surface area contributed by atoms with Crippen LogP contribution in [0.5, 0.6) is 5.75 Å². The van der Waals surface area contributed by atoms with Gasteiger partial charge in [0.15, 0.2) is 11.6 Å². The van der Waals surface area contributed by atoms with E-state index in [2.05, 4.69) is 15.6 Å². The Hall–Kier alpha value is -3.70. The fraction of sp³-hybridized carbons (Fsp3) is 0.190. The molecule has 0 spiro atoms. The van der Waals surface area contributed by atoms with Gasteiger partial charge in [0, 0.05) is 18.4 Å². The summed E-state index contributed by atoms with van der Waals surface area (Å²) in [5.41, 5.74) is 3.81. The zero-order valence-corrected chi connectivity index (χ0v) is 17.9. The third-order valence-corrected chi connectivity index (χ3v) is 6.42. The van der Waals surface area contributed by atoms with Crippen molar-refractivity contribution in [2.45, 2.75) is 24.7 Å². The first-order chi connectivity index (χ1) is 15.4. The highest BCUT2D eigenvalue weighted by atomic mass is 32.2. The monoisotopic (exact) mass is 453 g/mol. The summed E-state index contributed by atoms with van der Waals surface area (Å²) in [6, 6.07) is 9.77. The van der Waals surface area contributed by atoms with Gasteiger partial charge >= 0.3 is 10.1 Å². The number of pyridine rings is 2. The van der Waals surface area contributed by atoms with Crippen molar-refractivity contribution in [3.05, 3.63) is 60.6 Å². The molecule has 0 atom stereocenters. The van der Waals surface area contributed by atoms with Gasteiger partial charge in [0.05, 0.1) is 12.4 Å². The molecule has 0 saturated carbocycles. The van der Waals surface area contributed by atoms with E-state index >= 15 is 0 Å². The Labute approximate surface area is 184 Å². The van der Waals surface area contributed by atoms with Crippen LogP contribution in [0.4, 0.5) is 11.6 Å². The molecule has 1 fully saturated rings. The van der Waals surface area contributed by atoms with E-state index in [0.29, 0.717) is 30.0 Å². The maximum absolute atomic E-state index is 12.9. The lowest BCUT2D eigenvalue weighted by atomic mass is 10.2. The number of nitrogens with zero attached hydrogens (tertiary/aromatic N) is 4. The van der Waals surface area contributed by atoms with E-state index in [1.807, 2.05) is 6.92 Å². The van der Waals surface area contributed by atoms with E-state index in [-0.39, 0.29) is 22.1 Å². The fourth-order valence-electron chi connectivity index (χ4n) is 3.55. The summed E-state index contributed by atoms with van der Waals surface area (Å²) < 4.78 is 31.2. The minimum Gasteiger partial charge on any atom is -0.395 e. The number of benzene rings is 1. The highest BCUT2D eigenvalue weighted by molar-refractivity contribution is 7.87. The van der Waals surface area contributed by atoms with E-state index in [4.69, 9.17) is 9.02 Å². The third kappa shape index (κ3) is 3.61. The molecule has 0 aliphatic carbocycles. The number of carbonyl (C=O) groups excluding carboxylic acids is 1. The number of anilines is 2. The molecule has 1 N–H and O–H groups in total. The Balaban J connectivity index is 1.62. The van der Waals surface area contributed by atoms with Crippen LogP contribution in [0.1, 0.15) is 18.4 Å². The van der Waals surface area contributed by atoms with Crippen LogP contribution in [0.25, 0.3) is 10.9 Å². The fourth-order valence-corrected chi connectivity index (χ4v) is 4.48. The van der Waals surface area contributed by atoms with Crippen molar-refractivity contribution in [1.82, 2.24) is 15.6 Å². The lowest BCUT2D eigenvalue weighted by Gasteiger charge is -2.19. The van der Waals surface area contributed by atoms with E-state index in [1.165, 1.54) is 29.6 Å². The van der Waals surface area contributed by atoms with Crippen molar-refractivity contribution in [3.63, 3.8) is 0 Å². The number of hydrogen-bond donors (Lipinski definition) is 1. The Kier molecular flexibility index (Phi) is 4.91. The van der Waals surface area contributed by atoms with Crippen LogP contribution >= 0.6 is 0 Å². The molecule has 2 aliphatic rings. The topological polar surface area (TPSA) is 114 Å². The molecule has 1 aromatic carbocycles. The highest BCUT2D eigenvalue weighted by Gasteiger charge is 2.27. The molecule has 3 aromatic rings. The minimum atomic E-state index is -4.12. The van der Waals surface area contributed by atoms with Crippen LogP contribution in [0, 0.1) is 6.92 Å². The maximum atomic E-state index is 12.9. The Morgan fingerprint density at radius 1 is 1.16 bits per heavy atom. The average Bonchev–Trinajstić information content (AvgIpc) is 3.46. The van der Waals surface area contributed by atoms with Gasteiger partial charge in [-0.05, 0) is 37.6 Å². The molecular formula is C21H19N5O5S. The first kappa shape index (κ1) is 20.2. The second-order valence-electron chi connectivity index (χ2n) is 7.38. The minimum absolute atomic E-state index is 0.0174. The largest absolute Gasteiger partial charge is 0.395 e. The first-order valence-electron chi connectivity index (χ1n) is 9.91. The lowest BCUT2D eigenvalue weighted by molar-refractivity contribution is -0.117. The van der Waals surface area contributed by atoms with Crippen molar-refractivity contribution in [1.29, 1.82) is 0 Å². The number of fused-ring (bicyclic) bond motifs is 1. The van der Waals surface area contributed by atoms with Crippen molar-refractivity contribution < 1.29 is 22.2 Å². The Bertz CT molecular complexity index is 1340. The van der Waals surface area contributed by atoms with Gasteiger partial charge in [-0.3, -0.25) is 9.69 Å². The van der Waals surface area contributed by atoms with Gasteiger partial charge in [0.1, 0.15) is 22.5 Å². The standard InChI is InChI=1S/C21H19N5O5S/c1-14-4-6-15(7-5-14)32(28,29)31-17-13-22-21(25-10-2-3-19(25)27)16-8-9-18(23-20(16)17)26-11-12-30-24-26/h4-9,11-13,24H,2-3,10H2,1H3. The summed E-state index contributed by atoms with van der Waals surface area (Å²) in [5, 5.41) is 2.02. The zero-order valence-electron chi connectivity index (χ0n) is 17.1. The van der Waals surface area contributed by atoms with Gasteiger partial charge in [0.25, 0.3) is 0 Å². The second-order valence-corrected chi connectivity index (χ2v) is 8.92. The molecule has 1 saturated heterocycles. The normalized spacial score (nSPS) is 16.1. The number of hydrazine groups is 1. The predicted molar refractivity (Wildman–Crippen MR) is 116 cm³/mol. The van der Waals surface area contributed by atoms with Gasteiger partial charge in [-0.15, -0.1) is 0 Å². The Morgan fingerprint density at radius 3 is 2.66 bits per heavy atom. The van der Waals surface area contributed by atoms with E-state index in [0.717, 1.165) is 12.0 Å². The molecule has 10 nitrogen and oxygen atoms in total. The van der Waals surface area contributed by atoms with Crippen LogP contribution in [-0.2, 0) is 19.8 Å². The summed E-state index contributed by atoms with van der Waals surface area (Å²) in [6.45, 7) is 2.40. The molecule has 11 heteroatoms. The molecular weight excluding hydrogens is 434 g/mol. The smallest absolute Gasteiger partial charge is 0.339 e. The number of rotatable bonds is 5. The molecule has 0 bridgehead atoms. The SMILES string of the molecule is Cc1ccc(S(=O)(=O)Oc2cnc(N3CCCC3=O)c3ccc(N4C=CON4)nc23)cc1. The number of aromatic nitrogens is 2. The van der Waals surface area contributed by atoms with Crippen molar-refractivity contribution in [2.75, 3.05) is 16.5 Å². The van der Waals surface area contributed by atoms with Crippen LogP contribution < -0.4 is 19.7 Å². The van der Waals surface area contributed by atoms with Gasteiger partial charge in [-0.25, -0.2) is 15.0 Å². The Morgan fingerprint density at radius 2 is 1.97 bits per heavy atom. The summed E-state index contributed by atoms with van der Waals surface area (Å²) in [7, 11) is -4.12. The predicted octanol–water partition coefficient (Wildman–Crippen LogP) is 2.56. The van der Waals surface area contributed by atoms with Gasteiger partial charge in [-0.1, -0.05) is 23.3 Å². The summed E-state index contributed by atoms with van der Waals surface area (Å²) in [4.78, 5) is 27.8.